The van der Waals surface area contributed by atoms with Crippen LogP contribution in [0.15, 0.2) is 48.5 Å². The molecule has 1 amide bonds. The van der Waals surface area contributed by atoms with Crippen LogP contribution in [0.3, 0.4) is 0 Å². The second-order valence-electron chi connectivity index (χ2n) is 5.84. The molecule has 2 aromatic rings. The van der Waals surface area contributed by atoms with Gasteiger partial charge in [-0.25, -0.2) is 4.79 Å². The first kappa shape index (κ1) is 21.6. The Labute approximate surface area is 162 Å². The topological polar surface area (TPSA) is 98.5 Å². The van der Waals surface area contributed by atoms with Crippen LogP contribution in [0.4, 0.5) is 24.5 Å². The first-order valence-electron chi connectivity index (χ1n) is 8.14. The number of anilines is 1. The SMILES string of the molecule is Cc1cccc([N+](=O)[O-])c1NC(=O)COC(=O)/C=C/c1ccc(C(F)(F)F)cc1. The van der Waals surface area contributed by atoms with Crippen LogP contribution in [-0.4, -0.2) is 23.4 Å². The number of esters is 1. The minimum Gasteiger partial charge on any atom is -0.452 e. The number of aryl methyl sites for hydroxylation is 1. The van der Waals surface area contributed by atoms with Crippen LogP contribution in [0.2, 0.25) is 0 Å². The van der Waals surface area contributed by atoms with Crippen LogP contribution in [-0.2, 0) is 20.5 Å². The molecule has 0 spiro atoms. The summed E-state index contributed by atoms with van der Waals surface area (Å²) < 4.78 is 42.2. The zero-order valence-electron chi connectivity index (χ0n) is 15.0. The fourth-order valence-electron chi connectivity index (χ4n) is 2.27. The van der Waals surface area contributed by atoms with Crippen molar-refractivity contribution in [3.63, 3.8) is 0 Å². The summed E-state index contributed by atoms with van der Waals surface area (Å²) in [7, 11) is 0. The molecule has 0 heterocycles. The maximum absolute atomic E-state index is 12.5. The van der Waals surface area contributed by atoms with Crippen molar-refractivity contribution in [2.24, 2.45) is 0 Å². The van der Waals surface area contributed by atoms with Crippen LogP contribution in [0, 0.1) is 17.0 Å². The highest BCUT2D eigenvalue weighted by Crippen LogP contribution is 2.29. The Bertz CT molecular complexity index is 953. The van der Waals surface area contributed by atoms with Crippen molar-refractivity contribution in [1.29, 1.82) is 0 Å². The Morgan fingerprint density at radius 2 is 1.83 bits per heavy atom. The van der Waals surface area contributed by atoms with E-state index in [1.807, 2.05) is 0 Å². The van der Waals surface area contributed by atoms with Gasteiger partial charge in [-0.1, -0.05) is 24.3 Å². The summed E-state index contributed by atoms with van der Waals surface area (Å²) in [5.74, 6) is -1.68. The summed E-state index contributed by atoms with van der Waals surface area (Å²) in [5, 5.41) is 13.3. The van der Waals surface area contributed by atoms with Crippen molar-refractivity contribution in [3.05, 3.63) is 75.3 Å². The molecule has 0 saturated carbocycles. The Hall–Kier alpha value is -3.69. The summed E-state index contributed by atoms with van der Waals surface area (Å²) in [4.78, 5) is 33.9. The average Bonchev–Trinajstić information content (AvgIpc) is 2.65. The van der Waals surface area contributed by atoms with E-state index in [9.17, 15) is 32.9 Å². The summed E-state index contributed by atoms with van der Waals surface area (Å²) in [5.41, 5.74) is -0.332. The van der Waals surface area contributed by atoms with E-state index in [-0.39, 0.29) is 11.4 Å². The Kier molecular flexibility index (Phi) is 6.71. The molecule has 29 heavy (non-hydrogen) atoms. The monoisotopic (exact) mass is 408 g/mol. The number of nitro groups is 1. The molecule has 0 bridgehead atoms. The minimum atomic E-state index is -4.46. The molecular weight excluding hydrogens is 393 g/mol. The van der Waals surface area contributed by atoms with Gasteiger partial charge in [-0.3, -0.25) is 14.9 Å². The minimum absolute atomic E-state index is 0.00107. The predicted molar refractivity (Wildman–Crippen MR) is 97.9 cm³/mol. The molecular formula is C19H15F3N2O5. The molecule has 7 nitrogen and oxygen atoms in total. The van der Waals surface area contributed by atoms with Gasteiger partial charge in [-0.2, -0.15) is 13.2 Å². The number of carbonyl (C=O) groups excluding carboxylic acids is 2. The maximum Gasteiger partial charge on any atom is 0.416 e. The van der Waals surface area contributed by atoms with Crippen molar-refractivity contribution in [1.82, 2.24) is 0 Å². The average molecular weight is 408 g/mol. The number of ether oxygens (including phenoxy) is 1. The maximum atomic E-state index is 12.5. The van der Waals surface area contributed by atoms with E-state index in [2.05, 4.69) is 5.32 Å². The number of hydrogen-bond acceptors (Lipinski definition) is 5. The number of nitrogens with one attached hydrogen (secondary N) is 1. The zero-order valence-corrected chi connectivity index (χ0v) is 15.0. The largest absolute Gasteiger partial charge is 0.452 e. The molecule has 0 saturated heterocycles. The smallest absolute Gasteiger partial charge is 0.416 e. The van der Waals surface area contributed by atoms with Gasteiger partial charge in [-0.05, 0) is 36.3 Å². The van der Waals surface area contributed by atoms with Crippen molar-refractivity contribution < 1.29 is 32.4 Å². The molecule has 0 atom stereocenters. The Balaban J connectivity index is 1.92. The van der Waals surface area contributed by atoms with E-state index in [4.69, 9.17) is 4.74 Å². The van der Waals surface area contributed by atoms with Crippen molar-refractivity contribution >= 4 is 29.3 Å². The summed E-state index contributed by atoms with van der Waals surface area (Å²) in [6.07, 6.45) is -2.28. The number of carbonyl (C=O) groups is 2. The van der Waals surface area contributed by atoms with Crippen molar-refractivity contribution in [3.8, 4) is 0 Å². The Morgan fingerprint density at radius 3 is 2.41 bits per heavy atom. The molecule has 152 valence electrons. The lowest BCUT2D eigenvalue weighted by Crippen LogP contribution is -2.21. The fourth-order valence-corrected chi connectivity index (χ4v) is 2.27. The highest BCUT2D eigenvalue weighted by Gasteiger charge is 2.29. The highest BCUT2D eigenvalue weighted by atomic mass is 19.4. The lowest BCUT2D eigenvalue weighted by Gasteiger charge is -2.08. The van der Waals surface area contributed by atoms with Gasteiger partial charge in [0.05, 0.1) is 10.5 Å². The molecule has 0 radical (unpaired) electrons. The quantitative estimate of drug-likeness (QED) is 0.336. The summed E-state index contributed by atoms with van der Waals surface area (Å²) >= 11 is 0. The third-order valence-electron chi connectivity index (χ3n) is 3.71. The Morgan fingerprint density at radius 1 is 1.17 bits per heavy atom. The third-order valence-corrected chi connectivity index (χ3v) is 3.71. The second kappa shape index (κ2) is 9.00. The normalized spacial score (nSPS) is 11.3. The number of hydrogen-bond donors (Lipinski definition) is 1. The number of alkyl halides is 3. The number of nitro benzene ring substituents is 1. The fraction of sp³-hybridized carbons (Fsp3) is 0.158. The van der Waals surface area contributed by atoms with Gasteiger partial charge in [0.25, 0.3) is 11.6 Å². The molecule has 0 fully saturated rings. The first-order valence-corrected chi connectivity index (χ1v) is 8.14. The second-order valence-corrected chi connectivity index (χ2v) is 5.84. The highest BCUT2D eigenvalue weighted by molar-refractivity contribution is 5.96. The lowest BCUT2D eigenvalue weighted by molar-refractivity contribution is -0.384. The summed E-state index contributed by atoms with van der Waals surface area (Å²) in [6.45, 7) is 0.878. The van der Waals surface area contributed by atoms with Gasteiger partial charge in [0.1, 0.15) is 5.69 Å². The van der Waals surface area contributed by atoms with E-state index in [0.717, 1.165) is 18.2 Å². The van der Waals surface area contributed by atoms with Crippen molar-refractivity contribution in [2.75, 3.05) is 11.9 Å². The van der Waals surface area contributed by atoms with Crippen LogP contribution in [0.25, 0.3) is 6.08 Å². The first-order chi connectivity index (χ1) is 13.6. The molecule has 10 heteroatoms. The van der Waals surface area contributed by atoms with Gasteiger partial charge >= 0.3 is 12.1 Å². The van der Waals surface area contributed by atoms with Gasteiger partial charge < -0.3 is 10.1 Å². The molecule has 0 aliphatic carbocycles. The number of para-hydroxylation sites is 1. The van der Waals surface area contributed by atoms with Crippen LogP contribution in [0.5, 0.6) is 0 Å². The molecule has 0 aliphatic heterocycles. The van der Waals surface area contributed by atoms with Gasteiger partial charge in [-0.15, -0.1) is 0 Å². The number of amides is 1. The van der Waals surface area contributed by atoms with Crippen LogP contribution >= 0.6 is 0 Å². The number of benzene rings is 2. The predicted octanol–water partition coefficient (Wildman–Crippen LogP) is 4.12. The third kappa shape index (κ3) is 6.16. The molecule has 0 unspecified atom stereocenters. The number of nitrogens with zero attached hydrogens (tertiary/aromatic N) is 1. The van der Waals surface area contributed by atoms with Gasteiger partial charge in [0, 0.05) is 12.1 Å². The molecule has 0 aromatic heterocycles. The molecule has 2 rings (SSSR count). The molecule has 0 aliphatic rings. The number of halogens is 3. The van der Waals surface area contributed by atoms with Gasteiger partial charge in [0.15, 0.2) is 6.61 Å². The standard InChI is InChI=1S/C19H15F3N2O5/c1-12-3-2-4-15(24(27)28)18(12)23-16(25)11-29-17(26)10-7-13-5-8-14(9-6-13)19(20,21)22/h2-10H,11H2,1H3,(H,23,25)/b10-7+. The molecule has 1 N–H and O–H groups in total. The zero-order chi connectivity index (χ0) is 21.6. The van der Waals surface area contributed by atoms with E-state index < -0.39 is 35.1 Å². The van der Waals surface area contributed by atoms with Crippen molar-refractivity contribution in [2.45, 2.75) is 13.1 Å². The van der Waals surface area contributed by atoms with E-state index in [0.29, 0.717) is 11.1 Å². The van der Waals surface area contributed by atoms with E-state index >= 15 is 0 Å². The lowest BCUT2D eigenvalue weighted by atomic mass is 10.1. The van der Waals surface area contributed by atoms with E-state index in [1.54, 1.807) is 13.0 Å². The molecule has 2 aromatic carbocycles. The summed E-state index contributed by atoms with van der Waals surface area (Å²) in [6, 6.07) is 8.35. The van der Waals surface area contributed by atoms with Crippen LogP contribution in [0.1, 0.15) is 16.7 Å². The number of rotatable bonds is 6. The van der Waals surface area contributed by atoms with E-state index in [1.165, 1.54) is 30.3 Å². The van der Waals surface area contributed by atoms with Gasteiger partial charge in [0.2, 0.25) is 0 Å². The van der Waals surface area contributed by atoms with Crippen LogP contribution < -0.4 is 5.32 Å².